The summed E-state index contributed by atoms with van der Waals surface area (Å²) in [5, 5.41) is 1.63. The van der Waals surface area contributed by atoms with Gasteiger partial charge in [0.2, 0.25) is 0 Å². The Hall–Kier alpha value is -0.410. The Morgan fingerprint density at radius 2 is 2.44 bits per heavy atom. The van der Waals surface area contributed by atoms with Gasteiger partial charge < -0.3 is 0 Å². The van der Waals surface area contributed by atoms with Gasteiger partial charge in [-0.15, -0.1) is 0 Å². The van der Waals surface area contributed by atoms with Crippen LogP contribution in [0, 0.1) is 0 Å². The van der Waals surface area contributed by atoms with Crippen LogP contribution in [0.2, 0.25) is 0 Å². The van der Waals surface area contributed by atoms with Crippen LogP contribution in [0.15, 0.2) is 0 Å². The first-order valence-corrected chi connectivity index (χ1v) is 3.23. The van der Waals surface area contributed by atoms with Crippen LogP contribution in [0.5, 0.6) is 0 Å². The summed E-state index contributed by atoms with van der Waals surface area (Å²) >= 11 is 0. The Balaban J connectivity index is 2.49. The molecule has 3 heteroatoms. The van der Waals surface area contributed by atoms with Gasteiger partial charge in [-0.25, -0.2) is 5.01 Å². The van der Waals surface area contributed by atoms with Crippen LogP contribution in [-0.2, 0) is 4.79 Å². The molecule has 0 spiro atoms. The van der Waals surface area contributed by atoms with Crippen LogP contribution < -0.4 is 5.84 Å². The average Bonchev–Trinajstić information content (AvgIpc) is 2.13. The number of carbonyl (C=O) groups is 1. The number of carbonyl (C=O) groups excluding carboxylic acids is 1. The second-order valence-corrected chi connectivity index (χ2v) is 2.51. The van der Waals surface area contributed by atoms with E-state index < -0.39 is 0 Å². The first kappa shape index (κ1) is 6.71. The largest absolute Gasteiger partial charge is 0.298 e. The van der Waals surface area contributed by atoms with E-state index in [2.05, 4.69) is 0 Å². The molecule has 0 radical (unpaired) electrons. The molecule has 1 saturated heterocycles. The Labute approximate surface area is 54.8 Å². The molecule has 52 valence electrons. The van der Waals surface area contributed by atoms with Gasteiger partial charge in [-0.3, -0.25) is 10.6 Å². The van der Waals surface area contributed by atoms with Gasteiger partial charge >= 0.3 is 0 Å². The van der Waals surface area contributed by atoms with Crippen molar-refractivity contribution < 1.29 is 4.79 Å². The molecular weight excluding hydrogens is 116 g/mol. The summed E-state index contributed by atoms with van der Waals surface area (Å²) in [6, 6.07) is 0.00463. The first-order valence-electron chi connectivity index (χ1n) is 3.23. The molecule has 3 nitrogen and oxygen atoms in total. The van der Waals surface area contributed by atoms with E-state index in [9.17, 15) is 4.79 Å². The lowest BCUT2D eigenvalue weighted by Gasteiger charge is -2.14. The summed E-state index contributed by atoms with van der Waals surface area (Å²) in [4.78, 5) is 10.7. The predicted octanol–water partition coefficient (Wildman–Crippen LogP) is -0.0865. The van der Waals surface area contributed by atoms with E-state index in [0.717, 1.165) is 19.4 Å². The highest BCUT2D eigenvalue weighted by atomic mass is 16.1. The summed E-state index contributed by atoms with van der Waals surface area (Å²) < 4.78 is 0. The maximum atomic E-state index is 10.7. The zero-order valence-corrected chi connectivity index (χ0v) is 5.63. The van der Waals surface area contributed by atoms with Gasteiger partial charge in [-0.05, 0) is 19.8 Å². The minimum atomic E-state index is 0.00463. The van der Waals surface area contributed by atoms with Crippen molar-refractivity contribution in [1.82, 2.24) is 5.01 Å². The van der Waals surface area contributed by atoms with Crippen LogP contribution in [0.1, 0.15) is 19.8 Å². The number of nitrogens with zero attached hydrogens (tertiary/aromatic N) is 1. The smallest absolute Gasteiger partial charge is 0.148 e. The Bertz CT molecular complexity index is 124. The van der Waals surface area contributed by atoms with E-state index in [-0.39, 0.29) is 11.8 Å². The molecule has 1 atom stereocenters. The number of ketones is 1. The van der Waals surface area contributed by atoms with Crippen LogP contribution >= 0.6 is 0 Å². The summed E-state index contributed by atoms with van der Waals surface area (Å²) in [5.74, 6) is 5.68. The highest BCUT2D eigenvalue weighted by molar-refractivity contribution is 5.81. The Morgan fingerprint density at radius 3 is 2.67 bits per heavy atom. The summed E-state index contributed by atoms with van der Waals surface area (Å²) in [6.45, 7) is 2.46. The maximum Gasteiger partial charge on any atom is 0.148 e. The third kappa shape index (κ3) is 1.28. The fourth-order valence-corrected chi connectivity index (χ4v) is 1.23. The van der Waals surface area contributed by atoms with Gasteiger partial charge in [-0.1, -0.05) is 0 Å². The molecule has 1 fully saturated rings. The average molecular weight is 128 g/mol. The zero-order chi connectivity index (χ0) is 6.85. The Kier molecular flexibility index (Phi) is 1.83. The molecule has 1 unspecified atom stereocenters. The number of hydrogen-bond donors (Lipinski definition) is 1. The van der Waals surface area contributed by atoms with Gasteiger partial charge in [0, 0.05) is 6.54 Å². The number of hydrazine groups is 1. The van der Waals surface area contributed by atoms with Crippen LogP contribution in [-0.4, -0.2) is 23.4 Å². The van der Waals surface area contributed by atoms with Gasteiger partial charge in [0.15, 0.2) is 0 Å². The summed E-state index contributed by atoms with van der Waals surface area (Å²) in [6.07, 6.45) is 1.99. The van der Waals surface area contributed by atoms with Gasteiger partial charge in [-0.2, -0.15) is 0 Å². The van der Waals surface area contributed by atoms with Crippen molar-refractivity contribution in [2.75, 3.05) is 6.54 Å². The monoisotopic (exact) mass is 128 g/mol. The third-order valence-electron chi connectivity index (χ3n) is 1.76. The van der Waals surface area contributed by atoms with Gasteiger partial charge in [0.05, 0.1) is 6.04 Å². The molecule has 0 amide bonds. The normalized spacial score (nSPS) is 28.9. The number of Topliss-reactive ketones (excluding diaryl/α,β-unsaturated/α-hetero) is 1. The molecule has 1 aliphatic rings. The molecule has 1 heterocycles. The molecule has 1 aliphatic heterocycles. The second-order valence-electron chi connectivity index (χ2n) is 2.51. The third-order valence-corrected chi connectivity index (χ3v) is 1.76. The van der Waals surface area contributed by atoms with E-state index in [4.69, 9.17) is 5.84 Å². The SMILES string of the molecule is CC(=O)C1CCCN1N. The quantitative estimate of drug-likeness (QED) is 0.502. The summed E-state index contributed by atoms with van der Waals surface area (Å²) in [7, 11) is 0. The van der Waals surface area contributed by atoms with Crippen LogP contribution in [0.3, 0.4) is 0 Å². The molecule has 0 saturated carbocycles. The Morgan fingerprint density at radius 1 is 1.78 bits per heavy atom. The van der Waals surface area contributed by atoms with E-state index in [1.807, 2.05) is 0 Å². The maximum absolute atomic E-state index is 10.7. The molecule has 0 aromatic rings. The first-order chi connectivity index (χ1) is 4.22. The minimum absolute atomic E-state index is 0.00463. The van der Waals surface area contributed by atoms with E-state index in [1.54, 1.807) is 11.9 Å². The molecule has 2 N–H and O–H groups in total. The molecule has 0 bridgehead atoms. The van der Waals surface area contributed by atoms with Gasteiger partial charge in [0.1, 0.15) is 5.78 Å². The number of hydrogen-bond acceptors (Lipinski definition) is 3. The highest BCUT2D eigenvalue weighted by Gasteiger charge is 2.24. The van der Waals surface area contributed by atoms with Crippen molar-refractivity contribution in [3.8, 4) is 0 Å². The number of nitrogens with two attached hydrogens (primary N) is 1. The van der Waals surface area contributed by atoms with E-state index in [0.29, 0.717) is 0 Å². The topological polar surface area (TPSA) is 46.3 Å². The predicted molar refractivity (Wildman–Crippen MR) is 34.6 cm³/mol. The van der Waals surface area contributed by atoms with Crippen molar-refractivity contribution in [2.45, 2.75) is 25.8 Å². The molecule has 1 rings (SSSR count). The van der Waals surface area contributed by atoms with Crippen molar-refractivity contribution in [1.29, 1.82) is 0 Å². The lowest BCUT2D eigenvalue weighted by atomic mass is 10.2. The number of rotatable bonds is 1. The van der Waals surface area contributed by atoms with Gasteiger partial charge in [0.25, 0.3) is 0 Å². The molecule has 0 aromatic heterocycles. The fraction of sp³-hybridized carbons (Fsp3) is 0.833. The molecule has 0 aliphatic carbocycles. The zero-order valence-electron chi connectivity index (χ0n) is 5.63. The van der Waals surface area contributed by atoms with Crippen molar-refractivity contribution >= 4 is 5.78 Å². The van der Waals surface area contributed by atoms with Crippen molar-refractivity contribution in [2.24, 2.45) is 5.84 Å². The molecule has 9 heavy (non-hydrogen) atoms. The van der Waals surface area contributed by atoms with E-state index in [1.165, 1.54) is 0 Å². The van der Waals surface area contributed by atoms with Crippen LogP contribution in [0.4, 0.5) is 0 Å². The highest BCUT2D eigenvalue weighted by Crippen LogP contribution is 2.12. The fourth-order valence-electron chi connectivity index (χ4n) is 1.23. The van der Waals surface area contributed by atoms with Crippen molar-refractivity contribution in [3.05, 3.63) is 0 Å². The standard InChI is InChI=1S/C6H12N2O/c1-5(9)6-3-2-4-8(6)7/h6H,2-4,7H2,1H3. The lowest BCUT2D eigenvalue weighted by molar-refractivity contribution is -0.121. The van der Waals surface area contributed by atoms with Crippen molar-refractivity contribution in [3.63, 3.8) is 0 Å². The van der Waals surface area contributed by atoms with E-state index >= 15 is 0 Å². The molecule has 0 aromatic carbocycles. The van der Waals surface area contributed by atoms with Crippen LogP contribution in [0.25, 0.3) is 0 Å². The molecular formula is C6H12N2O. The lowest BCUT2D eigenvalue weighted by Crippen LogP contribution is -2.39. The summed E-state index contributed by atoms with van der Waals surface area (Å²) in [5.41, 5.74) is 0. The second kappa shape index (κ2) is 2.45. The minimum Gasteiger partial charge on any atom is -0.298 e.